The second-order valence-electron chi connectivity index (χ2n) is 9.39. The Morgan fingerprint density at radius 1 is 1.06 bits per heavy atom. The normalized spacial score (nSPS) is 16.0. The summed E-state index contributed by atoms with van der Waals surface area (Å²) in [5.41, 5.74) is 5.14. The van der Waals surface area contributed by atoms with E-state index in [0.717, 1.165) is 54.5 Å². The second-order valence-corrected chi connectivity index (χ2v) is 10.3. The maximum atomic E-state index is 13.9. The van der Waals surface area contributed by atoms with E-state index in [-0.39, 0.29) is 22.6 Å². The fraction of sp³-hybridized carbons (Fsp3) is 0.393. The van der Waals surface area contributed by atoms with Crippen LogP contribution >= 0.6 is 11.8 Å². The summed E-state index contributed by atoms with van der Waals surface area (Å²) in [7, 11) is 0. The molecule has 0 unspecified atom stereocenters. The third kappa shape index (κ3) is 4.31. The van der Waals surface area contributed by atoms with Gasteiger partial charge in [0.15, 0.2) is 5.16 Å². The molecule has 3 aromatic rings. The van der Waals surface area contributed by atoms with Crippen molar-refractivity contribution in [3.8, 4) is 11.3 Å². The predicted molar refractivity (Wildman–Crippen MR) is 137 cm³/mol. The lowest BCUT2D eigenvalue weighted by atomic mass is 9.62. The highest BCUT2D eigenvalue weighted by atomic mass is 32.2. The maximum Gasteiger partial charge on any atom is 0.258 e. The average molecular weight is 474 g/mol. The molecular weight excluding hydrogens is 442 g/mol. The fourth-order valence-electron chi connectivity index (χ4n) is 5.59. The number of thioether (sulfide) groups is 1. The molecule has 2 aromatic carbocycles. The van der Waals surface area contributed by atoms with Gasteiger partial charge in [0.2, 0.25) is 5.91 Å². The first-order valence-corrected chi connectivity index (χ1v) is 13.3. The molecule has 0 bridgehead atoms. The number of hydrogen-bond donors (Lipinski definition) is 1. The topological polar surface area (TPSA) is 64.0 Å². The second kappa shape index (κ2) is 9.79. The number of benzene rings is 2. The van der Waals surface area contributed by atoms with Gasteiger partial charge in [-0.3, -0.25) is 14.2 Å². The lowest BCUT2D eigenvalue weighted by Crippen LogP contribution is -2.43. The summed E-state index contributed by atoms with van der Waals surface area (Å²) in [6.45, 7) is 3.03. The number of nitrogens with one attached hydrogen (secondary N) is 1. The third-order valence-electron chi connectivity index (χ3n) is 7.26. The van der Waals surface area contributed by atoms with Crippen molar-refractivity contribution in [3.05, 3.63) is 81.6 Å². The van der Waals surface area contributed by atoms with E-state index in [9.17, 15) is 9.59 Å². The molecule has 0 radical (unpaired) electrons. The third-order valence-corrected chi connectivity index (χ3v) is 8.23. The van der Waals surface area contributed by atoms with Crippen LogP contribution in [0.3, 0.4) is 0 Å². The highest BCUT2D eigenvalue weighted by molar-refractivity contribution is 7.99. The van der Waals surface area contributed by atoms with Crippen molar-refractivity contribution in [3.63, 3.8) is 0 Å². The number of rotatable bonds is 6. The first-order valence-electron chi connectivity index (χ1n) is 12.3. The minimum absolute atomic E-state index is 0.0624. The molecule has 1 amide bonds. The molecule has 1 N–H and O–H groups in total. The molecular formula is C28H31N3O2S. The standard InChI is InChI=1S/C28H31N3O2S/c1-2-31-26(33)24-25(22-14-8-7-13-21(22)17-28(24)15-9-4-10-16-28)30-27(31)34-19-23(32)29-18-20-11-5-3-6-12-20/h3,5-8,11-14H,2,4,9-10,15-19H2,1H3,(H,29,32). The van der Waals surface area contributed by atoms with Crippen LogP contribution in [0.5, 0.6) is 0 Å². The molecule has 1 spiro atoms. The monoisotopic (exact) mass is 473 g/mol. The Kier molecular flexibility index (Phi) is 6.59. The van der Waals surface area contributed by atoms with Crippen molar-refractivity contribution in [2.45, 2.75) is 69.1 Å². The van der Waals surface area contributed by atoms with Gasteiger partial charge in [0, 0.05) is 24.1 Å². The summed E-state index contributed by atoms with van der Waals surface area (Å²) in [6, 6.07) is 18.3. The average Bonchev–Trinajstić information content (AvgIpc) is 2.87. The maximum absolute atomic E-state index is 13.9. The molecule has 0 atom stereocenters. The summed E-state index contributed by atoms with van der Waals surface area (Å²) in [4.78, 5) is 31.5. The number of carbonyl (C=O) groups excluding carboxylic acids is 1. The molecule has 5 rings (SSSR count). The number of nitrogens with zero attached hydrogens (tertiary/aromatic N) is 2. The summed E-state index contributed by atoms with van der Waals surface area (Å²) in [5.74, 6) is 0.165. The Labute approximate surface area is 205 Å². The van der Waals surface area contributed by atoms with Crippen LogP contribution in [0.1, 0.15) is 55.7 Å². The summed E-state index contributed by atoms with van der Waals surface area (Å²) in [6.07, 6.45) is 6.56. The van der Waals surface area contributed by atoms with Crippen LogP contribution in [0.25, 0.3) is 11.3 Å². The lowest BCUT2D eigenvalue weighted by Gasteiger charge is -2.42. The zero-order chi connectivity index (χ0) is 23.5. The minimum atomic E-state index is -0.112. The molecule has 2 aliphatic carbocycles. The molecule has 5 nitrogen and oxygen atoms in total. The van der Waals surface area contributed by atoms with Crippen molar-refractivity contribution in [2.24, 2.45) is 0 Å². The highest BCUT2D eigenvalue weighted by Gasteiger charge is 2.43. The molecule has 0 saturated heterocycles. The van der Waals surface area contributed by atoms with E-state index < -0.39 is 0 Å². The van der Waals surface area contributed by atoms with Gasteiger partial charge in [-0.1, -0.05) is 85.6 Å². The van der Waals surface area contributed by atoms with E-state index in [2.05, 4.69) is 23.5 Å². The van der Waals surface area contributed by atoms with E-state index in [1.807, 2.05) is 43.3 Å². The van der Waals surface area contributed by atoms with E-state index in [1.54, 1.807) is 4.57 Å². The molecule has 1 saturated carbocycles. The van der Waals surface area contributed by atoms with Crippen LogP contribution < -0.4 is 10.9 Å². The molecule has 6 heteroatoms. The molecule has 2 aliphatic rings. The van der Waals surface area contributed by atoms with Gasteiger partial charge in [-0.15, -0.1) is 0 Å². The Hall–Kier alpha value is -2.86. The van der Waals surface area contributed by atoms with Crippen LogP contribution in [0.2, 0.25) is 0 Å². The summed E-state index contributed by atoms with van der Waals surface area (Å²) in [5, 5.41) is 3.60. The first-order chi connectivity index (χ1) is 16.6. The highest BCUT2D eigenvalue weighted by Crippen LogP contribution is 2.48. The van der Waals surface area contributed by atoms with Gasteiger partial charge in [-0.2, -0.15) is 0 Å². The zero-order valence-corrected chi connectivity index (χ0v) is 20.5. The fourth-order valence-corrected chi connectivity index (χ4v) is 6.47. The van der Waals surface area contributed by atoms with Crippen molar-refractivity contribution < 1.29 is 4.79 Å². The quantitative estimate of drug-likeness (QED) is 0.400. The summed E-state index contributed by atoms with van der Waals surface area (Å²) < 4.78 is 1.78. The van der Waals surface area contributed by atoms with Gasteiger partial charge >= 0.3 is 0 Å². The van der Waals surface area contributed by atoms with Crippen LogP contribution in [0.4, 0.5) is 0 Å². The van der Waals surface area contributed by atoms with Crippen molar-refractivity contribution >= 4 is 17.7 Å². The Balaban J connectivity index is 1.46. The van der Waals surface area contributed by atoms with Gasteiger partial charge in [0.05, 0.1) is 17.0 Å². The summed E-state index contributed by atoms with van der Waals surface area (Å²) >= 11 is 1.35. The van der Waals surface area contributed by atoms with Gasteiger partial charge in [-0.05, 0) is 37.3 Å². The molecule has 34 heavy (non-hydrogen) atoms. The first kappa shape index (κ1) is 22.9. The number of amides is 1. The Morgan fingerprint density at radius 3 is 2.56 bits per heavy atom. The van der Waals surface area contributed by atoms with E-state index in [1.165, 1.54) is 23.7 Å². The molecule has 1 heterocycles. The van der Waals surface area contributed by atoms with Crippen molar-refractivity contribution in [1.82, 2.24) is 14.9 Å². The van der Waals surface area contributed by atoms with Crippen molar-refractivity contribution in [1.29, 1.82) is 0 Å². The molecule has 176 valence electrons. The van der Waals surface area contributed by atoms with Crippen LogP contribution in [0, 0.1) is 0 Å². The van der Waals surface area contributed by atoms with Crippen LogP contribution in [0.15, 0.2) is 64.5 Å². The Bertz CT molecular complexity index is 1250. The largest absolute Gasteiger partial charge is 0.351 e. The minimum Gasteiger partial charge on any atom is -0.351 e. The van der Waals surface area contributed by atoms with Crippen molar-refractivity contribution in [2.75, 3.05) is 5.75 Å². The number of fused-ring (bicyclic) bond motifs is 4. The SMILES string of the molecule is CCn1c(SCC(=O)NCc2ccccc2)nc2c(c1=O)C1(CCCCC1)Cc1ccccc1-2. The molecule has 1 aromatic heterocycles. The molecule has 0 aliphatic heterocycles. The van der Waals surface area contributed by atoms with E-state index in [0.29, 0.717) is 18.2 Å². The van der Waals surface area contributed by atoms with Crippen LogP contribution in [-0.2, 0) is 29.7 Å². The van der Waals surface area contributed by atoms with Gasteiger partial charge in [-0.25, -0.2) is 4.98 Å². The number of hydrogen-bond acceptors (Lipinski definition) is 4. The van der Waals surface area contributed by atoms with Crippen LogP contribution in [-0.4, -0.2) is 21.2 Å². The molecule has 1 fully saturated rings. The Morgan fingerprint density at radius 2 is 1.79 bits per heavy atom. The van der Waals surface area contributed by atoms with E-state index in [4.69, 9.17) is 4.98 Å². The van der Waals surface area contributed by atoms with E-state index >= 15 is 0 Å². The number of carbonyl (C=O) groups is 1. The lowest BCUT2D eigenvalue weighted by molar-refractivity contribution is -0.118. The van der Waals surface area contributed by atoms with Gasteiger partial charge in [0.25, 0.3) is 5.56 Å². The smallest absolute Gasteiger partial charge is 0.258 e. The van der Waals surface area contributed by atoms with Gasteiger partial charge in [0.1, 0.15) is 0 Å². The predicted octanol–water partition coefficient (Wildman–Crippen LogP) is 5.10. The zero-order valence-electron chi connectivity index (χ0n) is 19.7. The van der Waals surface area contributed by atoms with Gasteiger partial charge < -0.3 is 5.32 Å². The number of aromatic nitrogens is 2.